The maximum atomic E-state index is 12.9. The standard InChI is InChI=1S/C21H15Cl2FN2O2/c22-17-5-1-14(2-6-17)13-28-20-10-7-18(23)11-16(20)12-25-26-21(27)15-3-8-19(24)9-4-15/h1-12H,13H2,(H,26,27)/b25-12-. The lowest BCUT2D eigenvalue weighted by atomic mass is 10.2. The van der Waals surface area contributed by atoms with Crippen molar-refractivity contribution in [3.05, 3.63) is 99.3 Å². The van der Waals surface area contributed by atoms with Crippen molar-refractivity contribution in [1.82, 2.24) is 5.43 Å². The summed E-state index contributed by atoms with van der Waals surface area (Å²) in [6.07, 6.45) is 1.44. The third-order valence-corrected chi connectivity index (χ3v) is 4.24. The molecular formula is C21H15Cl2FN2O2. The van der Waals surface area contributed by atoms with Crippen LogP contribution in [0.25, 0.3) is 0 Å². The molecule has 3 rings (SSSR count). The van der Waals surface area contributed by atoms with Crippen LogP contribution < -0.4 is 10.2 Å². The van der Waals surface area contributed by atoms with E-state index in [1.54, 1.807) is 30.3 Å². The van der Waals surface area contributed by atoms with Crippen molar-refractivity contribution >= 4 is 35.3 Å². The fraction of sp³-hybridized carbons (Fsp3) is 0.0476. The highest BCUT2D eigenvalue weighted by molar-refractivity contribution is 6.31. The molecule has 0 aliphatic heterocycles. The van der Waals surface area contributed by atoms with Gasteiger partial charge in [0.25, 0.3) is 5.91 Å². The molecular weight excluding hydrogens is 402 g/mol. The van der Waals surface area contributed by atoms with Crippen molar-refractivity contribution in [3.8, 4) is 5.75 Å². The summed E-state index contributed by atoms with van der Waals surface area (Å²) in [6.45, 7) is 0.335. The summed E-state index contributed by atoms with van der Waals surface area (Å²) in [5.74, 6) is -0.317. The predicted molar refractivity (Wildman–Crippen MR) is 109 cm³/mol. The van der Waals surface area contributed by atoms with Crippen LogP contribution in [0.4, 0.5) is 4.39 Å². The lowest BCUT2D eigenvalue weighted by Gasteiger charge is -2.10. The lowest BCUT2D eigenvalue weighted by Crippen LogP contribution is -2.17. The van der Waals surface area contributed by atoms with Gasteiger partial charge < -0.3 is 4.74 Å². The second kappa shape index (κ2) is 9.35. The third kappa shape index (κ3) is 5.55. The second-order valence-corrected chi connectivity index (χ2v) is 6.68. The minimum Gasteiger partial charge on any atom is -0.488 e. The molecule has 0 heterocycles. The van der Waals surface area contributed by atoms with Gasteiger partial charge in [-0.15, -0.1) is 0 Å². The van der Waals surface area contributed by atoms with Crippen molar-refractivity contribution < 1.29 is 13.9 Å². The molecule has 1 amide bonds. The number of hydrazone groups is 1. The van der Waals surface area contributed by atoms with Crippen LogP contribution in [0.5, 0.6) is 5.75 Å². The Morgan fingerprint density at radius 2 is 1.68 bits per heavy atom. The van der Waals surface area contributed by atoms with Gasteiger partial charge in [-0.3, -0.25) is 4.79 Å². The van der Waals surface area contributed by atoms with E-state index >= 15 is 0 Å². The molecule has 0 radical (unpaired) electrons. The highest BCUT2D eigenvalue weighted by Crippen LogP contribution is 2.23. The minimum absolute atomic E-state index is 0.295. The molecule has 3 aromatic rings. The zero-order chi connectivity index (χ0) is 19.9. The van der Waals surface area contributed by atoms with Crippen LogP contribution >= 0.6 is 23.2 Å². The summed E-state index contributed by atoms with van der Waals surface area (Å²) in [7, 11) is 0. The van der Waals surface area contributed by atoms with Crippen LogP contribution in [-0.2, 0) is 6.61 Å². The van der Waals surface area contributed by atoms with Gasteiger partial charge in [0.1, 0.15) is 18.2 Å². The molecule has 0 spiro atoms. The first-order valence-corrected chi connectivity index (χ1v) is 9.02. The smallest absolute Gasteiger partial charge is 0.271 e. The van der Waals surface area contributed by atoms with E-state index in [0.717, 1.165) is 5.56 Å². The molecule has 0 unspecified atom stereocenters. The number of benzene rings is 3. The first-order valence-electron chi connectivity index (χ1n) is 8.27. The number of nitrogens with zero attached hydrogens (tertiary/aromatic N) is 1. The average Bonchev–Trinajstić information content (AvgIpc) is 2.69. The van der Waals surface area contributed by atoms with Gasteiger partial charge in [0.15, 0.2) is 0 Å². The van der Waals surface area contributed by atoms with Crippen LogP contribution in [0, 0.1) is 5.82 Å². The van der Waals surface area contributed by atoms with Crippen molar-refractivity contribution in [2.75, 3.05) is 0 Å². The van der Waals surface area contributed by atoms with Gasteiger partial charge >= 0.3 is 0 Å². The summed E-state index contributed by atoms with van der Waals surface area (Å²) in [5.41, 5.74) is 4.23. The van der Waals surface area contributed by atoms with Crippen LogP contribution in [0.15, 0.2) is 71.8 Å². The fourth-order valence-corrected chi connectivity index (χ4v) is 2.63. The summed E-state index contributed by atoms with van der Waals surface area (Å²) in [6, 6.07) is 17.6. The molecule has 1 N–H and O–H groups in total. The molecule has 142 valence electrons. The quantitative estimate of drug-likeness (QED) is 0.427. The van der Waals surface area contributed by atoms with E-state index < -0.39 is 11.7 Å². The molecule has 0 aliphatic rings. The highest BCUT2D eigenvalue weighted by Gasteiger charge is 2.06. The zero-order valence-corrected chi connectivity index (χ0v) is 16.0. The summed E-state index contributed by atoms with van der Waals surface area (Å²) in [4.78, 5) is 12.0. The van der Waals surface area contributed by atoms with Crippen LogP contribution in [0.2, 0.25) is 10.0 Å². The SMILES string of the molecule is O=C(N/N=C\c1cc(Cl)ccc1OCc1ccc(Cl)cc1)c1ccc(F)cc1. The number of ether oxygens (including phenoxy) is 1. The molecule has 7 heteroatoms. The molecule has 0 saturated carbocycles. The van der Waals surface area contributed by atoms with Gasteiger partial charge in [-0.05, 0) is 60.2 Å². The van der Waals surface area contributed by atoms with Crippen molar-refractivity contribution in [2.45, 2.75) is 6.61 Å². The monoisotopic (exact) mass is 416 g/mol. The number of rotatable bonds is 6. The number of halogens is 3. The molecule has 28 heavy (non-hydrogen) atoms. The lowest BCUT2D eigenvalue weighted by molar-refractivity contribution is 0.0955. The van der Waals surface area contributed by atoms with Crippen molar-refractivity contribution in [2.24, 2.45) is 5.10 Å². The Morgan fingerprint density at radius 1 is 1.00 bits per heavy atom. The molecule has 0 bridgehead atoms. The van der Waals surface area contributed by atoms with Crippen LogP contribution in [0.3, 0.4) is 0 Å². The van der Waals surface area contributed by atoms with Crippen LogP contribution in [0.1, 0.15) is 21.5 Å². The maximum Gasteiger partial charge on any atom is 0.271 e. The van der Waals surface area contributed by atoms with E-state index in [0.29, 0.717) is 33.5 Å². The molecule has 0 aromatic heterocycles. The summed E-state index contributed by atoms with van der Waals surface area (Å²) >= 11 is 11.9. The predicted octanol–water partition coefficient (Wildman–Crippen LogP) is 5.48. The largest absolute Gasteiger partial charge is 0.488 e. The summed E-state index contributed by atoms with van der Waals surface area (Å²) in [5, 5.41) is 5.09. The Morgan fingerprint density at radius 3 is 2.39 bits per heavy atom. The number of carbonyl (C=O) groups excluding carboxylic acids is 1. The van der Waals surface area contributed by atoms with E-state index in [4.69, 9.17) is 27.9 Å². The number of hydrogen-bond donors (Lipinski definition) is 1. The maximum absolute atomic E-state index is 12.9. The van der Waals surface area contributed by atoms with Gasteiger partial charge in [0.05, 0.1) is 6.21 Å². The van der Waals surface area contributed by atoms with Gasteiger partial charge in [0.2, 0.25) is 0 Å². The van der Waals surface area contributed by atoms with E-state index in [9.17, 15) is 9.18 Å². The van der Waals surface area contributed by atoms with Crippen molar-refractivity contribution in [1.29, 1.82) is 0 Å². The fourth-order valence-electron chi connectivity index (χ4n) is 2.32. The van der Waals surface area contributed by atoms with Gasteiger partial charge in [0, 0.05) is 21.2 Å². The molecule has 0 saturated heterocycles. The van der Waals surface area contributed by atoms with Gasteiger partial charge in [-0.25, -0.2) is 9.82 Å². The Labute approximate surface area is 171 Å². The zero-order valence-electron chi connectivity index (χ0n) is 14.5. The number of carbonyl (C=O) groups is 1. The minimum atomic E-state index is -0.457. The first kappa shape index (κ1) is 19.9. The third-order valence-electron chi connectivity index (χ3n) is 3.76. The van der Waals surface area contributed by atoms with E-state index in [1.807, 2.05) is 12.1 Å². The highest BCUT2D eigenvalue weighted by atomic mass is 35.5. The van der Waals surface area contributed by atoms with Crippen LogP contribution in [-0.4, -0.2) is 12.1 Å². The topological polar surface area (TPSA) is 50.7 Å². The number of hydrogen-bond acceptors (Lipinski definition) is 3. The van der Waals surface area contributed by atoms with Crippen molar-refractivity contribution in [3.63, 3.8) is 0 Å². The Bertz CT molecular complexity index is 990. The van der Waals surface area contributed by atoms with E-state index in [-0.39, 0.29) is 0 Å². The molecule has 0 atom stereocenters. The van der Waals surface area contributed by atoms with Gasteiger partial charge in [-0.1, -0.05) is 35.3 Å². The first-order chi connectivity index (χ1) is 13.5. The Balaban J connectivity index is 1.67. The Kier molecular flexibility index (Phi) is 6.63. The van der Waals surface area contributed by atoms with E-state index in [2.05, 4.69) is 10.5 Å². The normalized spacial score (nSPS) is 10.8. The summed E-state index contributed by atoms with van der Waals surface area (Å²) < 4.78 is 18.8. The second-order valence-electron chi connectivity index (χ2n) is 5.80. The number of amides is 1. The van der Waals surface area contributed by atoms with Gasteiger partial charge in [-0.2, -0.15) is 5.10 Å². The molecule has 0 aliphatic carbocycles. The number of nitrogens with one attached hydrogen (secondary N) is 1. The van der Waals surface area contributed by atoms with E-state index in [1.165, 1.54) is 30.5 Å². The molecule has 3 aromatic carbocycles. The molecule has 4 nitrogen and oxygen atoms in total. The average molecular weight is 417 g/mol. The molecule has 0 fully saturated rings. The Hall–Kier alpha value is -2.89.